The van der Waals surface area contributed by atoms with Crippen LogP contribution in [0, 0.1) is 13.8 Å². The van der Waals surface area contributed by atoms with Crippen LogP contribution in [-0.4, -0.2) is 13.2 Å². The molecule has 1 rings (SSSR count). The topological polar surface area (TPSA) is 12.0 Å². The molecule has 16 heavy (non-hydrogen) atoms. The fourth-order valence-corrected chi connectivity index (χ4v) is 1.60. The van der Waals surface area contributed by atoms with E-state index < -0.39 is 18.6 Å². The molecule has 0 aromatic heterocycles. The molecule has 0 aliphatic heterocycles. The van der Waals surface area contributed by atoms with Gasteiger partial charge in [0.05, 0.1) is 6.42 Å². The van der Waals surface area contributed by atoms with Crippen molar-refractivity contribution in [2.24, 2.45) is 0 Å². The summed E-state index contributed by atoms with van der Waals surface area (Å²) in [5.74, 6) is 0. The van der Waals surface area contributed by atoms with Gasteiger partial charge in [-0.05, 0) is 37.6 Å². The van der Waals surface area contributed by atoms with Crippen molar-refractivity contribution in [1.82, 2.24) is 5.32 Å². The Labute approximate surface area is 93.7 Å². The van der Waals surface area contributed by atoms with E-state index in [1.807, 2.05) is 26.0 Å². The average Bonchev–Trinajstić information content (AvgIpc) is 2.17. The quantitative estimate of drug-likeness (QED) is 0.839. The van der Waals surface area contributed by atoms with Crippen molar-refractivity contribution in [3.05, 3.63) is 34.9 Å². The molecule has 0 bridgehead atoms. The first-order chi connectivity index (χ1) is 7.33. The molecular formula is C12H16F3N. The largest absolute Gasteiger partial charge is 0.390 e. The van der Waals surface area contributed by atoms with Crippen molar-refractivity contribution in [1.29, 1.82) is 0 Å². The minimum Gasteiger partial charge on any atom is -0.313 e. The molecule has 0 saturated carbocycles. The molecule has 0 radical (unpaired) electrons. The Morgan fingerprint density at radius 1 is 1.19 bits per heavy atom. The van der Waals surface area contributed by atoms with Gasteiger partial charge < -0.3 is 5.32 Å². The van der Waals surface area contributed by atoms with Gasteiger partial charge in [0, 0.05) is 6.04 Å². The summed E-state index contributed by atoms with van der Waals surface area (Å²) in [7, 11) is 1.55. The average molecular weight is 231 g/mol. The van der Waals surface area contributed by atoms with Crippen molar-refractivity contribution in [2.45, 2.75) is 32.5 Å². The molecule has 0 aliphatic rings. The first-order valence-electron chi connectivity index (χ1n) is 5.14. The normalized spacial score (nSPS) is 13.9. The summed E-state index contributed by atoms with van der Waals surface area (Å²) in [6, 6.07) is 4.74. The van der Waals surface area contributed by atoms with Gasteiger partial charge in [-0.3, -0.25) is 0 Å². The van der Waals surface area contributed by atoms with Crippen LogP contribution in [0.1, 0.15) is 29.2 Å². The van der Waals surface area contributed by atoms with E-state index in [4.69, 9.17) is 0 Å². The van der Waals surface area contributed by atoms with E-state index >= 15 is 0 Å². The van der Waals surface area contributed by atoms with Crippen LogP contribution in [-0.2, 0) is 0 Å². The maximum atomic E-state index is 12.3. The second-order valence-electron chi connectivity index (χ2n) is 4.00. The molecule has 1 unspecified atom stereocenters. The molecule has 0 fully saturated rings. The van der Waals surface area contributed by atoms with Crippen molar-refractivity contribution in [3.8, 4) is 0 Å². The third-order valence-electron chi connectivity index (χ3n) is 2.72. The molecule has 1 atom stereocenters. The number of aryl methyl sites for hydroxylation is 2. The monoisotopic (exact) mass is 231 g/mol. The zero-order valence-electron chi connectivity index (χ0n) is 9.65. The second-order valence-corrected chi connectivity index (χ2v) is 4.00. The Morgan fingerprint density at radius 2 is 1.81 bits per heavy atom. The van der Waals surface area contributed by atoms with Crippen LogP contribution >= 0.6 is 0 Å². The van der Waals surface area contributed by atoms with E-state index in [2.05, 4.69) is 5.32 Å². The Hall–Kier alpha value is -1.03. The molecule has 1 N–H and O–H groups in total. The predicted molar refractivity (Wildman–Crippen MR) is 58.4 cm³/mol. The highest BCUT2D eigenvalue weighted by atomic mass is 19.4. The molecular weight excluding hydrogens is 215 g/mol. The van der Waals surface area contributed by atoms with Gasteiger partial charge in [-0.15, -0.1) is 0 Å². The summed E-state index contributed by atoms with van der Waals surface area (Å²) in [5.41, 5.74) is 2.79. The zero-order chi connectivity index (χ0) is 12.3. The smallest absolute Gasteiger partial charge is 0.313 e. The molecule has 0 saturated heterocycles. The summed E-state index contributed by atoms with van der Waals surface area (Å²) in [5, 5.41) is 2.70. The highest BCUT2D eigenvalue weighted by Gasteiger charge is 2.31. The Bertz CT molecular complexity index is 358. The van der Waals surface area contributed by atoms with E-state index in [1.165, 1.54) is 0 Å². The standard InChI is InChI=1S/C12H16F3N/c1-8-4-5-10(6-9(8)2)11(16-3)7-12(13,14)15/h4-6,11,16H,7H2,1-3H3. The first-order valence-corrected chi connectivity index (χ1v) is 5.14. The minimum absolute atomic E-state index is 0.667. The lowest BCUT2D eigenvalue weighted by atomic mass is 9.99. The number of halogens is 3. The van der Waals surface area contributed by atoms with Crippen LogP contribution in [0.15, 0.2) is 18.2 Å². The zero-order valence-corrected chi connectivity index (χ0v) is 9.65. The van der Waals surface area contributed by atoms with Gasteiger partial charge in [-0.1, -0.05) is 18.2 Å². The van der Waals surface area contributed by atoms with Gasteiger partial charge in [-0.25, -0.2) is 0 Å². The van der Waals surface area contributed by atoms with Crippen LogP contribution in [0.4, 0.5) is 13.2 Å². The molecule has 0 amide bonds. The van der Waals surface area contributed by atoms with Crippen LogP contribution in [0.5, 0.6) is 0 Å². The summed E-state index contributed by atoms with van der Waals surface area (Å²) in [6.45, 7) is 3.84. The molecule has 1 aromatic carbocycles. The van der Waals surface area contributed by atoms with Gasteiger partial charge in [0.2, 0.25) is 0 Å². The van der Waals surface area contributed by atoms with E-state index in [1.54, 1.807) is 13.1 Å². The predicted octanol–water partition coefficient (Wildman–Crippen LogP) is 3.52. The van der Waals surface area contributed by atoms with Gasteiger partial charge >= 0.3 is 6.18 Å². The van der Waals surface area contributed by atoms with Gasteiger partial charge in [0.25, 0.3) is 0 Å². The SMILES string of the molecule is CNC(CC(F)(F)F)c1ccc(C)c(C)c1. The second kappa shape index (κ2) is 4.87. The molecule has 0 spiro atoms. The summed E-state index contributed by atoms with van der Waals surface area (Å²) < 4.78 is 37.0. The number of hydrogen-bond donors (Lipinski definition) is 1. The number of alkyl halides is 3. The van der Waals surface area contributed by atoms with Crippen molar-refractivity contribution < 1.29 is 13.2 Å². The molecule has 4 heteroatoms. The van der Waals surface area contributed by atoms with Crippen molar-refractivity contribution >= 4 is 0 Å². The van der Waals surface area contributed by atoms with E-state index in [9.17, 15) is 13.2 Å². The van der Waals surface area contributed by atoms with Crippen molar-refractivity contribution in [3.63, 3.8) is 0 Å². The Morgan fingerprint density at radius 3 is 2.25 bits per heavy atom. The maximum Gasteiger partial charge on any atom is 0.390 e. The maximum absolute atomic E-state index is 12.3. The van der Waals surface area contributed by atoms with Crippen molar-refractivity contribution in [2.75, 3.05) is 7.05 Å². The van der Waals surface area contributed by atoms with E-state index in [-0.39, 0.29) is 0 Å². The Balaban J connectivity index is 2.91. The lowest BCUT2D eigenvalue weighted by Crippen LogP contribution is -2.23. The number of hydrogen-bond acceptors (Lipinski definition) is 1. The van der Waals surface area contributed by atoms with Crippen LogP contribution in [0.2, 0.25) is 0 Å². The summed E-state index contributed by atoms with van der Waals surface area (Å²) in [4.78, 5) is 0. The van der Waals surface area contributed by atoms with E-state index in [0.29, 0.717) is 5.56 Å². The molecule has 1 aromatic rings. The highest BCUT2D eigenvalue weighted by molar-refractivity contribution is 5.31. The fourth-order valence-electron chi connectivity index (χ4n) is 1.60. The van der Waals surface area contributed by atoms with Crippen LogP contribution in [0.3, 0.4) is 0 Å². The molecule has 0 aliphatic carbocycles. The molecule has 0 heterocycles. The third kappa shape index (κ3) is 3.52. The van der Waals surface area contributed by atoms with Crippen LogP contribution < -0.4 is 5.32 Å². The highest BCUT2D eigenvalue weighted by Crippen LogP contribution is 2.29. The first kappa shape index (κ1) is 13.0. The van der Waals surface area contributed by atoms with Gasteiger partial charge in [0.15, 0.2) is 0 Å². The lowest BCUT2D eigenvalue weighted by molar-refractivity contribution is -0.140. The van der Waals surface area contributed by atoms with Crippen LogP contribution in [0.25, 0.3) is 0 Å². The van der Waals surface area contributed by atoms with Gasteiger partial charge in [-0.2, -0.15) is 13.2 Å². The van der Waals surface area contributed by atoms with Gasteiger partial charge in [0.1, 0.15) is 0 Å². The lowest BCUT2D eigenvalue weighted by Gasteiger charge is -2.19. The number of nitrogens with one attached hydrogen (secondary N) is 1. The fraction of sp³-hybridized carbons (Fsp3) is 0.500. The third-order valence-corrected chi connectivity index (χ3v) is 2.72. The number of rotatable bonds is 3. The minimum atomic E-state index is -4.15. The summed E-state index contributed by atoms with van der Waals surface area (Å²) >= 11 is 0. The summed E-state index contributed by atoms with van der Waals surface area (Å²) in [6.07, 6.45) is -4.99. The molecule has 1 nitrogen and oxygen atoms in total. The van der Waals surface area contributed by atoms with E-state index in [0.717, 1.165) is 11.1 Å². The number of benzene rings is 1. The molecule has 90 valence electrons. The Kier molecular flexibility index (Phi) is 3.97.